The molecule has 0 radical (unpaired) electrons. The van der Waals surface area contributed by atoms with Crippen molar-refractivity contribution in [3.05, 3.63) is 98.0 Å². The number of fused-ring (bicyclic) bond motifs is 2. The maximum atomic E-state index is 11.6. The van der Waals surface area contributed by atoms with Crippen LogP contribution in [0.3, 0.4) is 0 Å². The molecule has 0 saturated carbocycles. The van der Waals surface area contributed by atoms with Crippen molar-refractivity contribution in [3.8, 4) is 11.5 Å². The number of para-hydroxylation sites is 1. The van der Waals surface area contributed by atoms with Crippen molar-refractivity contribution in [3.63, 3.8) is 0 Å². The Kier molecular flexibility index (Phi) is 4.57. The fourth-order valence-corrected chi connectivity index (χ4v) is 5.60. The van der Waals surface area contributed by atoms with Gasteiger partial charge in [0.15, 0.2) is 11.5 Å². The van der Waals surface area contributed by atoms with E-state index < -0.39 is 16.1 Å². The van der Waals surface area contributed by atoms with Gasteiger partial charge >= 0.3 is 0 Å². The summed E-state index contributed by atoms with van der Waals surface area (Å²) in [6, 6.07) is 19.9. The summed E-state index contributed by atoms with van der Waals surface area (Å²) in [4.78, 5) is 13.3. The van der Waals surface area contributed by atoms with Gasteiger partial charge in [0.2, 0.25) is 5.72 Å². The minimum absolute atomic E-state index is 0.0707. The predicted octanol–water partition coefficient (Wildman–Crippen LogP) is 5.92. The number of benzene rings is 3. The molecule has 5 rings (SSSR count). The molecular formula is C25H21BrN2O4. The molecule has 2 aliphatic rings. The number of ether oxygens (including phenoxy) is 2. The van der Waals surface area contributed by atoms with Crippen LogP contribution in [0.2, 0.25) is 0 Å². The van der Waals surface area contributed by atoms with Crippen molar-refractivity contribution in [2.45, 2.75) is 18.1 Å². The second kappa shape index (κ2) is 7.10. The molecule has 3 aromatic carbocycles. The number of methoxy groups -OCH3 is 1. The average Bonchev–Trinajstić information content (AvgIpc) is 3.00. The molecule has 0 fully saturated rings. The van der Waals surface area contributed by atoms with E-state index in [2.05, 4.69) is 52.0 Å². The third-order valence-electron chi connectivity index (χ3n) is 6.72. The zero-order valence-corrected chi connectivity index (χ0v) is 19.4. The predicted molar refractivity (Wildman–Crippen MR) is 127 cm³/mol. The first-order valence-corrected chi connectivity index (χ1v) is 11.0. The molecule has 162 valence electrons. The highest BCUT2D eigenvalue weighted by Gasteiger charge is 2.61. The summed E-state index contributed by atoms with van der Waals surface area (Å²) in [7, 11) is 3.50. The molecule has 0 amide bonds. The number of halogens is 1. The number of nitrogens with zero attached hydrogens (tertiary/aromatic N) is 2. The normalized spacial score (nSPS) is 22.9. The smallest absolute Gasteiger partial charge is 0.288 e. The summed E-state index contributed by atoms with van der Waals surface area (Å²) in [6.07, 6.45) is 3.89. The summed E-state index contributed by atoms with van der Waals surface area (Å²) in [6.45, 7) is 2.17. The molecule has 2 unspecified atom stereocenters. The second-order valence-electron chi connectivity index (χ2n) is 8.11. The van der Waals surface area contributed by atoms with Crippen LogP contribution >= 0.6 is 15.9 Å². The summed E-state index contributed by atoms with van der Waals surface area (Å²) < 4.78 is 12.8. The number of anilines is 1. The minimum Gasteiger partial charge on any atom is -0.493 e. The molecule has 2 atom stereocenters. The van der Waals surface area contributed by atoms with E-state index in [9.17, 15) is 10.1 Å². The van der Waals surface area contributed by atoms with Crippen LogP contribution in [0.15, 0.2) is 71.2 Å². The lowest BCUT2D eigenvalue weighted by Gasteiger charge is -2.47. The topological polar surface area (TPSA) is 64.8 Å². The van der Waals surface area contributed by atoms with E-state index in [0.29, 0.717) is 21.5 Å². The minimum atomic E-state index is -0.909. The van der Waals surface area contributed by atoms with E-state index in [-0.39, 0.29) is 5.69 Å². The first kappa shape index (κ1) is 20.6. The first-order valence-electron chi connectivity index (χ1n) is 10.2. The highest BCUT2D eigenvalue weighted by Crippen LogP contribution is 2.59. The van der Waals surface area contributed by atoms with Crippen molar-refractivity contribution in [1.82, 2.24) is 0 Å². The van der Waals surface area contributed by atoms with Crippen LogP contribution in [0, 0.1) is 10.1 Å². The van der Waals surface area contributed by atoms with Gasteiger partial charge in [-0.1, -0.05) is 48.5 Å². The maximum absolute atomic E-state index is 11.6. The quantitative estimate of drug-likeness (QED) is 0.335. The second-order valence-corrected chi connectivity index (χ2v) is 8.90. The highest BCUT2D eigenvalue weighted by molar-refractivity contribution is 9.10. The summed E-state index contributed by atoms with van der Waals surface area (Å²) >= 11 is 3.40. The molecule has 0 bridgehead atoms. The molecular weight excluding hydrogens is 472 g/mol. The van der Waals surface area contributed by atoms with Crippen molar-refractivity contribution in [1.29, 1.82) is 0 Å². The van der Waals surface area contributed by atoms with Gasteiger partial charge < -0.3 is 14.4 Å². The Balaban J connectivity index is 1.79. The average molecular weight is 493 g/mol. The SMILES string of the molecule is COc1cc([N+](=O)[O-])c(Br)c2c1OC1(C=C2)N(C)c2ccccc2C1(C)c1ccccc1. The summed E-state index contributed by atoms with van der Waals surface area (Å²) in [5, 5.41) is 11.6. The van der Waals surface area contributed by atoms with E-state index in [4.69, 9.17) is 9.47 Å². The Labute approximate surface area is 194 Å². The lowest BCUT2D eigenvalue weighted by atomic mass is 9.69. The van der Waals surface area contributed by atoms with Gasteiger partial charge in [-0.25, -0.2) is 0 Å². The number of hydrogen-bond donors (Lipinski definition) is 0. The van der Waals surface area contributed by atoms with Crippen LogP contribution in [0.5, 0.6) is 11.5 Å². The molecule has 2 aliphatic heterocycles. The molecule has 1 spiro atoms. The van der Waals surface area contributed by atoms with Gasteiger partial charge in [-0.3, -0.25) is 10.1 Å². The Morgan fingerprint density at radius 3 is 2.50 bits per heavy atom. The van der Waals surface area contributed by atoms with Crippen molar-refractivity contribution in [2.24, 2.45) is 0 Å². The maximum Gasteiger partial charge on any atom is 0.288 e. The van der Waals surface area contributed by atoms with Gasteiger partial charge in [-0.15, -0.1) is 0 Å². The molecule has 6 nitrogen and oxygen atoms in total. The first-order chi connectivity index (χ1) is 15.3. The van der Waals surface area contributed by atoms with Gasteiger partial charge in [-0.05, 0) is 52.2 Å². The van der Waals surface area contributed by atoms with Crippen LogP contribution in [0.4, 0.5) is 11.4 Å². The van der Waals surface area contributed by atoms with Gasteiger partial charge in [0.05, 0.1) is 23.5 Å². The summed E-state index contributed by atoms with van der Waals surface area (Å²) in [5.41, 5.74) is 2.35. The third-order valence-corrected chi connectivity index (χ3v) is 7.55. The van der Waals surface area contributed by atoms with Gasteiger partial charge in [0.1, 0.15) is 4.47 Å². The zero-order chi connectivity index (χ0) is 22.7. The fraction of sp³-hybridized carbons (Fsp3) is 0.200. The molecule has 0 aromatic heterocycles. The number of rotatable bonds is 3. The van der Waals surface area contributed by atoms with Gasteiger partial charge in [0, 0.05) is 18.3 Å². The number of nitro groups is 1. The Hall–Kier alpha value is -3.32. The molecule has 0 N–H and O–H groups in total. The lowest BCUT2D eigenvalue weighted by molar-refractivity contribution is -0.385. The van der Waals surface area contributed by atoms with E-state index in [0.717, 1.165) is 16.8 Å². The lowest BCUT2D eigenvalue weighted by Crippen LogP contribution is -2.59. The fourth-order valence-electron chi connectivity index (χ4n) is 5.03. The molecule has 0 aliphatic carbocycles. The van der Waals surface area contributed by atoms with E-state index in [1.807, 2.05) is 49.5 Å². The van der Waals surface area contributed by atoms with Gasteiger partial charge in [0.25, 0.3) is 5.69 Å². The number of likely N-dealkylation sites (N-methyl/N-ethyl adjacent to an activating group) is 1. The van der Waals surface area contributed by atoms with Crippen LogP contribution in [-0.4, -0.2) is 24.8 Å². The standard InChI is InChI=1S/C25H21BrN2O4/c1-24(16-9-5-4-6-10-16)18-11-7-8-12-19(18)27(2)25(24)14-13-17-22(26)20(28(29)30)15-21(31-3)23(17)32-25/h4-15H,1-3H3. The molecule has 2 heterocycles. The van der Waals surface area contributed by atoms with E-state index in [1.165, 1.54) is 13.2 Å². The van der Waals surface area contributed by atoms with Crippen LogP contribution in [-0.2, 0) is 5.41 Å². The van der Waals surface area contributed by atoms with Crippen molar-refractivity contribution < 1.29 is 14.4 Å². The van der Waals surface area contributed by atoms with E-state index in [1.54, 1.807) is 0 Å². The van der Waals surface area contributed by atoms with E-state index >= 15 is 0 Å². The number of nitro benzene ring substituents is 1. The Morgan fingerprint density at radius 1 is 1.12 bits per heavy atom. The van der Waals surface area contributed by atoms with Crippen molar-refractivity contribution in [2.75, 3.05) is 19.1 Å². The van der Waals surface area contributed by atoms with Crippen LogP contribution in [0.1, 0.15) is 23.6 Å². The van der Waals surface area contributed by atoms with Crippen molar-refractivity contribution >= 4 is 33.4 Å². The molecule has 0 saturated heterocycles. The van der Waals surface area contributed by atoms with Gasteiger partial charge in [-0.2, -0.15) is 0 Å². The summed E-state index contributed by atoms with van der Waals surface area (Å²) in [5.74, 6) is 0.785. The third kappa shape index (κ3) is 2.51. The number of hydrogen-bond acceptors (Lipinski definition) is 5. The highest BCUT2D eigenvalue weighted by atomic mass is 79.9. The Morgan fingerprint density at radius 2 is 1.81 bits per heavy atom. The zero-order valence-electron chi connectivity index (χ0n) is 17.8. The van der Waals surface area contributed by atoms with Crippen LogP contribution in [0.25, 0.3) is 6.08 Å². The largest absolute Gasteiger partial charge is 0.493 e. The Bertz CT molecular complexity index is 1280. The van der Waals surface area contributed by atoms with Crippen LogP contribution < -0.4 is 14.4 Å². The monoisotopic (exact) mass is 492 g/mol. The molecule has 7 heteroatoms. The molecule has 3 aromatic rings. The molecule has 32 heavy (non-hydrogen) atoms.